The fraction of sp³-hybridized carbons (Fsp3) is 0.444. The monoisotopic (exact) mass is 346 g/mol. The minimum Gasteiger partial charge on any atom is -0.393 e. The topological polar surface area (TPSA) is 79.2 Å². The molecule has 3 rings (SSSR count). The van der Waals surface area contributed by atoms with Gasteiger partial charge in [0, 0.05) is 31.0 Å². The third-order valence-corrected chi connectivity index (χ3v) is 4.64. The van der Waals surface area contributed by atoms with E-state index in [0.29, 0.717) is 24.2 Å². The van der Waals surface area contributed by atoms with E-state index in [2.05, 4.69) is 15.6 Å². The highest BCUT2D eigenvalue weighted by atomic mass is 19.1. The van der Waals surface area contributed by atoms with Crippen LogP contribution in [0.25, 0.3) is 0 Å². The summed E-state index contributed by atoms with van der Waals surface area (Å²) in [7, 11) is 1.80. The van der Waals surface area contributed by atoms with E-state index >= 15 is 0 Å². The van der Waals surface area contributed by atoms with Gasteiger partial charge in [0.2, 0.25) is 0 Å². The van der Waals surface area contributed by atoms with Crippen LogP contribution in [0.3, 0.4) is 0 Å². The zero-order chi connectivity index (χ0) is 17.8. The van der Waals surface area contributed by atoms with Crippen LogP contribution in [0.5, 0.6) is 0 Å². The average Bonchev–Trinajstić information content (AvgIpc) is 3.01. The van der Waals surface area contributed by atoms with Gasteiger partial charge in [-0.15, -0.1) is 0 Å². The van der Waals surface area contributed by atoms with E-state index in [1.807, 2.05) is 0 Å². The number of nitrogens with zero attached hydrogens (tertiary/aromatic N) is 2. The van der Waals surface area contributed by atoms with Crippen molar-refractivity contribution in [2.45, 2.75) is 43.9 Å². The Morgan fingerprint density at radius 3 is 2.68 bits per heavy atom. The van der Waals surface area contributed by atoms with E-state index in [0.717, 1.165) is 12.8 Å². The standard InChI is InChI=1S/C18H23FN4O2/c1-23-11-10-20-17(23)16(14-4-2-3-5-15(14)19)22-18(25)21-12-6-8-13(24)9-7-12/h2-5,10-13,16,24H,6-9H2,1H3,(H2,21,22,25)/t12?,13?,16-/m1/s1. The molecule has 1 atom stereocenters. The van der Waals surface area contributed by atoms with Crippen molar-refractivity contribution in [2.75, 3.05) is 0 Å². The predicted molar refractivity (Wildman–Crippen MR) is 91.4 cm³/mol. The molecule has 1 aromatic heterocycles. The molecule has 1 aliphatic carbocycles. The highest BCUT2D eigenvalue weighted by Gasteiger charge is 2.26. The molecule has 1 aromatic carbocycles. The van der Waals surface area contributed by atoms with Crippen molar-refractivity contribution in [3.8, 4) is 0 Å². The first-order valence-corrected chi connectivity index (χ1v) is 8.51. The summed E-state index contributed by atoms with van der Waals surface area (Å²) in [5, 5.41) is 15.3. The molecule has 0 unspecified atom stereocenters. The number of aliphatic hydroxyl groups excluding tert-OH is 1. The Balaban J connectivity index is 1.75. The Labute approximate surface area is 146 Å². The van der Waals surface area contributed by atoms with Gasteiger partial charge in [-0.1, -0.05) is 18.2 Å². The second-order valence-corrected chi connectivity index (χ2v) is 6.47. The fourth-order valence-corrected chi connectivity index (χ4v) is 3.22. The largest absolute Gasteiger partial charge is 0.393 e. The molecule has 0 radical (unpaired) electrons. The zero-order valence-corrected chi connectivity index (χ0v) is 14.2. The van der Waals surface area contributed by atoms with Gasteiger partial charge in [0.25, 0.3) is 0 Å². The molecular weight excluding hydrogens is 323 g/mol. The Hall–Kier alpha value is -2.41. The molecule has 7 heteroatoms. The Morgan fingerprint density at radius 1 is 1.32 bits per heavy atom. The number of urea groups is 1. The summed E-state index contributed by atoms with van der Waals surface area (Å²) in [5.74, 6) is 0.163. The van der Waals surface area contributed by atoms with Crippen LogP contribution in [-0.4, -0.2) is 32.8 Å². The number of aliphatic hydroxyl groups is 1. The lowest BCUT2D eigenvalue weighted by atomic mass is 9.93. The number of amides is 2. The van der Waals surface area contributed by atoms with Crippen LogP contribution >= 0.6 is 0 Å². The van der Waals surface area contributed by atoms with Crippen LogP contribution in [0.2, 0.25) is 0 Å². The van der Waals surface area contributed by atoms with Gasteiger partial charge in [-0.3, -0.25) is 0 Å². The van der Waals surface area contributed by atoms with Gasteiger partial charge in [0.15, 0.2) is 0 Å². The predicted octanol–water partition coefficient (Wildman–Crippen LogP) is 2.25. The summed E-state index contributed by atoms with van der Waals surface area (Å²) in [6, 6.07) is 5.33. The number of benzene rings is 1. The van der Waals surface area contributed by atoms with Gasteiger partial charge >= 0.3 is 6.03 Å². The van der Waals surface area contributed by atoms with Crippen molar-refractivity contribution in [3.05, 3.63) is 53.9 Å². The lowest BCUT2D eigenvalue weighted by molar-refractivity contribution is 0.117. The van der Waals surface area contributed by atoms with Crippen molar-refractivity contribution in [3.63, 3.8) is 0 Å². The number of carbonyl (C=O) groups is 1. The van der Waals surface area contributed by atoms with E-state index in [1.54, 1.807) is 42.2 Å². The molecular formula is C18H23FN4O2. The summed E-state index contributed by atoms with van der Waals surface area (Å²) < 4.78 is 16.0. The average molecular weight is 346 g/mol. The smallest absolute Gasteiger partial charge is 0.315 e. The highest BCUT2D eigenvalue weighted by Crippen LogP contribution is 2.23. The molecule has 1 fully saturated rings. The lowest BCUT2D eigenvalue weighted by Gasteiger charge is -2.27. The lowest BCUT2D eigenvalue weighted by Crippen LogP contribution is -2.46. The molecule has 0 bridgehead atoms. The van der Waals surface area contributed by atoms with Crippen LogP contribution in [-0.2, 0) is 7.05 Å². The van der Waals surface area contributed by atoms with Crippen LogP contribution in [0.1, 0.15) is 43.1 Å². The number of halogens is 1. The van der Waals surface area contributed by atoms with Gasteiger partial charge in [0.1, 0.15) is 17.7 Å². The van der Waals surface area contributed by atoms with Crippen LogP contribution < -0.4 is 10.6 Å². The van der Waals surface area contributed by atoms with Crippen LogP contribution in [0, 0.1) is 5.82 Å². The number of carbonyl (C=O) groups excluding carboxylic acids is 1. The summed E-state index contributed by atoms with van der Waals surface area (Å²) >= 11 is 0. The summed E-state index contributed by atoms with van der Waals surface area (Å²) in [6.07, 6.45) is 5.93. The minimum absolute atomic E-state index is 0.0195. The van der Waals surface area contributed by atoms with E-state index in [4.69, 9.17) is 0 Å². The molecule has 1 heterocycles. The molecule has 1 saturated carbocycles. The number of imidazole rings is 1. The molecule has 25 heavy (non-hydrogen) atoms. The van der Waals surface area contributed by atoms with Crippen molar-refractivity contribution in [1.82, 2.24) is 20.2 Å². The van der Waals surface area contributed by atoms with Crippen molar-refractivity contribution < 1.29 is 14.3 Å². The minimum atomic E-state index is -0.685. The van der Waals surface area contributed by atoms with Crippen LogP contribution in [0.15, 0.2) is 36.7 Å². The first kappa shape index (κ1) is 17.4. The molecule has 6 nitrogen and oxygen atoms in total. The van der Waals surface area contributed by atoms with Crippen molar-refractivity contribution in [1.29, 1.82) is 0 Å². The van der Waals surface area contributed by atoms with Crippen molar-refractivity contribution in [2.24, 2.45) is 7.05 Å². The normalized spacial score (nSPS) is 21.6. The maximum absolute atomic E-state index is 14.3. The molecule has 1 aliphatic rings. The zero-order valence-electron chi connectivity index (χ0n) is 14.2. The van der Waals surface area contributed by atoms with Gasteiger partial charge in [0.05, 0.1) is 6.10 Å². The Morgan fingerprint density at radius 2 is 2.04 bits per heavy atom. The second kappa shape index (κ2) is 7.65. The van der Waals surface area contributed by atoms with E-state index in [9.17, 15) is 14.3 Å². The number of hydrogen-bond acceptors (Lipinski definition) is 3. The van der Waals surface area contributed by atoms with Gasteiger partial charge < -0.3 is 20.3 Å². The summed E-state index contributed by atoms with van der Waals surface area (Å²) in [4.78, 5) is 16.7. The van der Waals surface area contributed by atoms with E-state index < -0.39 is 11.9 Å². The third-order valence-electron chi connectivity index (χ3n) is 4.64. The Bertz CT molecular complexity index is 725. The number of aromatic nitrogens is 2. The molecule has 0 saturated heterocycles. The molecule has 2 aromatic rings. The molecule has 2 amide bonds. The first-order chi connectivity index (χ1) is 12.0. The van der Waals surface area contributed by atoms with Gasteiger partial charge in [-0.05, 0) is 31.7 Å². The molecule has 0 aliphatic heterocycles. The summed E-state index contributed by atoms with van der Waals surface area (Å²) in [5.41, 5.74) is 0.367. The molecule has 0 spiro atoms. The number of nitrogens with one attached hydrogen (secondary N) is 2. The van der Waals surface area contributed by atoms with E-state index in [-0.39, 0.29) is 18.2 Å². The number of rotatable bonds is 4. The van der Waals surface area contributed by atoms with Gasteiger partial charge in [-0.2, -0.15) is 0 Å². The van der Waals surface area contributed by atoms with Crippen molar-refractivity contribution >= 4 is 6.03 Å². The van der Waals surface area contributed by atoms with Crippen LogP contribution in [0.4, 0.5) is 9.18 Å². The second-order valence-electron chi connectivity index (χ2n) is 6.47. The maximum atomic E-state index is 14.3. The first-order valence-electron chi connectivity index (χ1n) is 8.51. The quantitative estimate of drug-likeness (QED) is 0.794. The summed E-state index contributed by atoms with van der Waals surface area (Å²) in [6.45, 7) is 0. The third kappa shape index (κ3) is 4.17. The molecule has 134 valence electrons. The number of aryl methyl sites for hydroxylation is 1. The Kier molecular flexibility index (Phi) is 5.33. The molecule has 3 N–H and O–H groups in total. The fourth-order valence-electron chi connectivity index (χ4n) is 3.22. The maximum Gasteiger partial charge on any atom is 0.315 e. The highest BCUT2D eigenvalue weighted by molar-refractivity contribution is 5.75. The number of hydrogen-bond donors (Lipinski definition) is 3. The van der Waals surface area contributed by atoms with E-state index in [1.165, 1.54) is 6.07 Å². The SMILES string of the molecule is Cn1ccnc1[C@H](NC(=O)NC1CCC(O)CC1)c1ccccc1F. The van der Waals surface area contributed by atoms with Gasteiger partial charge in [-0.25, -0.2) is 14.2 Å².